The first-order valence-electron chi connectivity index (χ1n) is 5.87. The van der Waals surface area contributed by atoms with Crippen LogP contribution in [0.2, 0.25) is 0 Å². The lowest BCUT2D eigenvalue weighted by atomic mass is 10.1. The van der Waals surface area contributed by atoms with Crippen molar-refractivity contribution in [1.29, 1.82) is 0 Å². The van der Waals surface area contributed by atoms with Crippen LogP contribution in [0.4, 0.5) is 0 Å². The Labute approximate surface area is 119 Å². The van der Waals surface area contributed by atoms with E-state index in [0.29, 0.717) is 5.69 Å². The van der Waals surface area contributed by atoms with Crippen LogP contribution >= 0.6 is 15.9 Å². The number of benzene rings is 1. The summed E-state index contributed by atoms with van der Waals surface area (Å²) < 4.78 is 2.44. The predicted molar refractivity (Wildman–Crippen MR) is 74.8 cm³/mol. The molecule has 5 nitrogen and oxygen atoms in total. The Morgan fingerprint density at radius 2 is 2.11 bits per heavy atom. The maximum absolute atomic E-state index is 11.2. The molecule has 0 radical (unpaired) electrons. The summed E-state index contributed by atoms with van der Waals surface area (Å²) in [4.78, 5) is 11.2. The van der Waals surface area contributed by atoms with Gasteiger partial charge in [-0.25, -0.2) is 9.48 Å². The second-order valence-corrected chi connectivity index (χ2v) is 5.50. The largest absolute Gasteiger partial charge is 0.476 e. The molecule has 100 valence electrons. The van der Waals surface area contributed by atoms with Gasteiger partial charge in [0.25, 0.3) is 0 Å². The predicted octanol–water partition coefficient (Wildman–Crippen LogP) is 3.16. The summed E-state index contributed by atoms with van der Waals surface area (Å²) in [7, 11) is 0. The Balaban J connectivity index is 2.69. The van der Waals surface area contributed by atoms with Gasteiger partial charge >= 0.3 is 5.97 Å². The molecule has 0 saturated heterocycles. The van der Waals surface area contributed by atoms with Gasteiger partial charge in [0.2, 0.25) is 0 Å². The van der Waals surface area contributed by atoms with Crippen LogP contribution in [-0.2, 0) is 0 Å². The molecule has 0 bridgehead atoms. The second kappa shape index (κ2) is 5.13. The average molecular weight is 324 g/mol. The van der Waals surface area contributed by atoms with Crippen molar-refractivity contribution in [3.05, 3.63) is 39.6 Å². The van der Waals surface area contributed by atoms with Crippen molar-refractivity contribution >= 4 is 21.9 Å². The summed E-state index contributed by atoms with van der Waals surface area (Å²) in [5, 5.41) is 16.9. The van der Waals surface area contributed by atoms with Crippen LogP contribution in [-0.4, -0.2) is 26.1 Å². The number of halogens is 1. The summed E-state index contributed by atoms with van der Waals surface area (Å²) in [6, 6.07) is 5.82. The van der Waals surface area contributed by atoms with Crippen LogP contribution in [0.1, 0.15) is 41.5 Å². The van der Waals surface area contributed by atoms with Crippen molar-refractivity contribution in [2.75, 3.05) is 0 Å². The number of hydrogen-bond acceptors (Lipinski definition) is 3. The van der Waals surface area contributed by atoms with E-state index in [2.05, 4.69) is 26.2 Å². The van der Waals surface area contributed by atoms with Gasteiger partial charge in [0.15, 0.2) is 5.69 Å². The van der Waals surface area contributed by atoms with Crippen molar-refractivity contribution in [2.24, 2.45) is 0 Å². The monoisotopic (exact) mass is 323 g/mol. The molecule has 19 heavy (non-hydrogen) atoms. The number of hydrogen-bond donors (Lipinski definition) is 1. The van der Waals surface area contributed by atoms with E-state index in [1.165, 1.54) is 0 Å². The Morgan fingerprint density at radius 3 is 2.68 bits per heavy atom. The topological polar surface area (TPSA) is 68.0 Å². The van der Waals surface area contributed by atoms with Gasteiger partial charge < -0.3 is 5.11 Å². The van der Waals surface area contributed by atoms with E-state index in [0.717, 1.165) is 15.7 Å². The molecule has 1 heterocycles. The Kier molecular flexibility index (Phi) is 3.71. The summed E-state index contributed by atoms with van der Waals surface area (Å²) in [5.74, 6) is -1.05. The molecule has 0 atom stereocenters. The smallest absolute Gasteiger partial charge is 0.358 e. The fourth-order valence-electron chi connectivity index (χ4n) is 1.92. The van der Waals surface area contributed by atoms with E-state index in [9.17, 15) is 9.90 Å². The lowest BCUT2D eigenvalue weighted by Gasteiger charge is -2.12. The van der Waals surface area contributed by atoms with Crippen LogP contribution in [0.15, 0.2) is 22.7 Å². The third-order valence-electron chi connectivity index (χ3n) is 2.78. The highest BCUT2D eigenvalue weighted by molar-refractivity contribution is 9.10. The zero-order valence-corrected chi connectivity index (χ0v) is 12.5. The van der Waals surface area contributed by atoms with Crippen molar-refractivity contribution in [2.45, 2.75) is 26.7 Å². The Hall–Kier alpha value is -1.69. The third kappa shape index (κ3) is 2.53. The number of rotatable bonds is 3. The van der Waals surface area contributed by atoms with E-state index in [-0.39, 0.29) is 11.6 Å². The highest BCUT2D eigenvalue weighted by Crippen LogP contribution is 2.27. The maximum atomic E-state index is 11.2. The first kappa shape index (κ1) is 13.7. The number of carboxylic acid groups (broad SMARTS) is 1. The standard InChI is InChI=1S/C13H14BrN3O2/c1-7(2)12-11(13(18)19)15-16-17(12)10-6-8(3)4-5-9(10)14/h4-7H,1-3H3,(H,18,19). The van der Waals surface area contributed by atoms with E-state index in [1.807, 2.05) is 39.0 Å². The van der Waals surface area contributed by atoms with E-state index >= 15 is 0 Å². The molecule has 2 rings (SSSR count). The fraction of sp³-hybridized carbons (Fsp3) is 0.308. The quantitative estimate of drug-likeness (QED) is 0.942. The Morgan fingerprint density at radius 1 is 1.42 bits per heavy atom. The number of nitrogens with zero attached hydrogens (tertiary/aromatic N) is 3. The summed E-state index contributed by atoms with van der Waals surface area (Å²) >= 11 is 3.46. The zero-order valence-electron chi connectivity index (χ0n) is 10.9. The van der Waals surface area contributed by atoms with Crippen LogP contribution < -0.4 is 0 Å². The molecule has 1 aromatic heterocycles. The van der Waals surface area contributed by atoms with Gasteiger partial charge in [0, 0.05) is 4.47 Å². The molecule has 0 spiro atoms. The summed E-state index contributed by atoms with van der Waals surface area (Å²) in [6.07, 6.45) is 0. The van der Waals surface area contributed by atoms with E-state index in [1.54, 1.807) is 4.68 Å². The highest BCUT2D eigenvalue weighted by Gasteiger charge is 2.23. The summed E-state index contributed by atoms with van der Waals surface area (Å²) in [5.41, 5.74) is 2.46. The van der Waals surface area contributed by atoms with Crippen molar-refractivity contribution in [1.82, 2.24) is 15.0 Å². The molecule has 0 amide bonds. The van der Waals surface area contributed by atoms with Gasteiger partial charge in [0.05, 0.1) is 11.4 Å². The summed E-state index contributed by atoms with van der Waals surface area (Å²) in [6.45, 7) is 5.82. The lowest BCUT2D eigenvalue weighted by molar-refractivity contribution is 0.0688. The lowest BCUT2D eigenvalue weighted by Crippen LogP contribution is -2.09. The van der Waals surface area contributed by atoms with Crippen molar-refractivity contribution in [3.8, 4) is 5.69 Å². The molecule has 0 aliphatic heterocycles. The normalized spacial score (nSPS) is 11.0. The van der Waals surface area contributed by atoms with Crippen LogP contribution in [0, 0.1) is 6.92 Å². The van der Waals surface area contributed by atoms with E-state index in [4.69, 9.17) is 0 Å². The first-order valence-corrected chi connectivity index (χ1v) is 6.66. The molecule has 1 aromatic carbocycles. The number of aromatic carboxylic acids is 1. The SMILES string of the molecule is Cc1ccc(Br)c(-n2nnc(C(=O)O)c2C(C)C)c1. The molecule has 0 saturated carbocycles. The third-order valence-corrected chi connectivity index (χ3v) is 3.45. The first-order chi connectivity index (χ1) is 8.91. The maximum Gasteiger partial charge on any atom is 0.358 e. The van der Waals surface area contributed by atoms with Crippen LogP contribution in [0.25, 0.3) is 5.69 Å². The molecule has 0 aliphatic carbocycles. The number of aryl methyl sites for hydroxylation is 1. The van der Waals surface area contributed by atoms with Gasteiger partial charge in [-0.15, -0.1) is 5.10 Å². The van der Waals surface area contributed by atoms with Crippen molar-refractivity contribution < 1.29 is 9.90 Å². The van der Waals surface area contributed by atoms with Crippen molar-refractivity contribution in [3.63, 3.8) is 0 Å². The molecule has 0 aliphatic rings. The van der Waals surface area contributed by atoms with E-state index < -0.39 is 5.97 Å². The zero-order chi connectivity index (χ0) is 14.2. The van der Waals surface area contributed by atoms with Gasteiger partial charge in [-0.1, -0.05) is 25.1 Å². The van der Waals surface area contributed by atoms with Crippen LogP contribution in [0.3, 0.4) is 0 Å². The molecule has 0 unspecified atom stereocenters. The van der Waals surface area contributed by atoms with Gasteiger partial charge in [0.1, 0.15) is 0 Å². The minimum Gasteiger partial charge on any atom is -0.476 e. The van der Waals surface area contributed by atoms with Gasteiger partial charge in [-0.05, 0) is 46.5 Å². The molecule has 2 aromatic rings. The fourth-order valence-corrected chi connectivity index (χ4v) is 2.34. The highest BCUT2D eigenvalue weighted by atomic mass is 79.9. The number of carbonyl (C=O) groups is 1. The minimum atomic E-state index is -1.06. The Bertz CT molecular complexity index is 635. The molecular formula is C13H14BrN3O2. The minimum absolute atomic E-state index is 0.00315. The number of aromatic nitrogens is 3. The molecule has 0 fully saturated rings. The van der Waals surface area contributed by atoms with Gasteiger partial charge in [-0.3, -0.25) is 0 Å². The number of carboxylic acids is 1. The van der Waals surface area contributed by atoms with Gasteiger partial charge in [-0.2, -0.15) is 0 Å². The van der Waals surface area contributed by atoms with Crippen LogP contribution in [0.5, 0.6) is 0 Å². The second-order valence-electron chi connectivity index (χ2n) is 4.65. The molecular weight excluding hydrogens is 310 g/mol. The molecule has 1 N–H and O–H groups in total. The average Bonchev–Trinajstić information content (AvgIpc) is 2.76. The molecule has 6 heteroatoms.